The van der Waals surface area contributed by atoms with Gasteiger partial charge in [0.1, 0.15) is 23.5 Å². The van der Waals surface area contributed by atoms with Crippen LogP contribution in [0.5, 0.6) is 0 Å². The van der Waals surface area contributed by atoms with Crippen molar-refractivity contribution in [3.63, 3.8) is 0 Å². The van der Waals surface area contributed by atoms with Crippen LogP contribution in [0.15, 0.2) is 36.4 Å². The molecule has 0 aromatic heterocycles. The number of hydrogen-bond donors (Lipinski definition) is 0. The monoisotopic (exact) mass is 384 g/mol. The lowest BCUT2D eigenvalue weighted by molar-refractivity contribution is 0.401. The van der Waals surface area contributed by atoms with Crippen LogP contribution in [0.3, 0.4) is 0 Å². The third-order valence-corrected chi connectivity index (χ3v) is 7.09. The van der Waals surface area contributed by atoms with Crippen LogP contribution in [-0.2, 0) is 5.41 Å². The van der Waals surface area contributed by atoms with E-state index in [0.717, 1.165) is 0 Å². The van der Waals surface area contributed by atoms with Gasteiger partial charge in [-0.25, -0.2) is 0 Å². The van der Waals surface area contributed by atoms with Gasteiger partial charge in [-0.1, -0.05) is 111 Å². The molecule has 0 radical (unpaired) electrons. The number of benzene rings is 2. The van der Waals surface area contributed by atoms with E-state index in [1.54, 1.807) is 11.1 Å². The van der Waals surface area contributed by atoms with Gasteiger partial charge in [0.15, 0.2) is 0 Å². The third kappa shape index (κ3) is 5.04. The summed E-state index contributed by atoms with van der Waals surface area (Å²) in [4.78, 5) is 0. The van der Waals surface area contributed by atoms with Crippen molar-refractivity contribution in [3.8, 4) is 11.1 Å². The van der Waals surface area contributed by atoms with E-state index in [2.05, 4.69) is 66.9 Å². The van der Waals surface area contributed by atoms with Crippen molar-refractivity contribution in [1.82, 2.24) is 0 Å². The maximum atomic E-state index is 2.52. The average Bonchev–Trinajstić information content (AvgIpc) is 2.96. The van der Waals surface area contributed by atoms with Crippen LogP contribution in [-0.4, -0.2) is 23.5 Å². The van der Waals surface area contributed by atoms with Gasteiger partial charge >= 0.3 is 0 Å². The Morgan fingerprint density at radius 2 is 1.17 bits per heavy atom. The molecule has 2 aromatic carbocycles. The van der Waals surface area contributed by atoms with Crippen LogP contribution >= 0.6 is 0 Å². The molecule has 0 saturated heterocycles. The van der Waals surface area contributed by atoms with E-state index in [0.29, 0.717) is 0 Å². The Kier molecular flexibility index (Phi) is 8.16. The largest absolute Gasteiger partial charge is 0.139 e. The van der Waals surface area contributed by atoms with Crippen molar-refractivity contribution in [3.05, 3.63) is 53.1 Å². The fraction of sp³-hybridized carbons (Fsp3) is 0.538. The highest BCUT2D eigenvalue weighted by molar-refractivity contribution is 6.32. The molecule has 0 fully saturated rings. The summed E-state index contributed by atoms with van der Waals surface area (Å²) in [6, 6.07) is 14.4. The standard InChI is InChI=1S/C26H39B3/c1-20-10-12-22-23-13-11-21(29)19-25(23)26(24(22)18-20,14-6-2-4-8-16-27)15-7-3-5-9-17-28/h10-13,18-19H,2-9,14-17,27-29H2,1H3. The molecule has 0 bridgehead atoms. The molecule has 3 heteroatoms. The summed E-state index contributed by atoms with van der Waals surface area (Å²) in [5.74, 6) is 0. The molecule has 0 saturated carbocycles. The Balaban J connectivity index is 1.93. The molecule has 152 valence electrons. The zero-order valence-electron chi connectivity index (χ0n) is 19.4. The van der Waals surface area contributed by atoms with Crippen molar-refractivity contribution < 1.29 is 0 Å². The van der Waals surface area contributed by atoms with Gasteiger partial charge < -0.3 is 0 Å². The average molecular weight is 384 g/mol. The van der Waals surface area contributed by atoms with Crippen molar-refractivity contribution in [2.75, 3.05) is 0 Å². The summed E-state index contributed by atoms with van der Waals surface area (Å²) < 4.78 is 0. The first kappa shape index (κ1) is 22.3. The van der Waals surface area contributed by atoms with E-state index in [9.17, 15) is 0 Å². The maximum absolute atomic E-state index is 2.52. The second kappa shape index (κ2) is 10.6. The number of rotatable bonds is 12. The van der Waals surface area contributed by atoms with Crippen molar-refractivity contribution in [2.45, 2.75) is 89.2 Å². The maximum Gasteiger partial charge on any atom is 0.139 e. The second-order valence-electron chi connectivity index (χ2n) is 9.51. The predicted molar refractivity (Wildman–Crippen MR) is 138 cm³/mol. The smallest absolute Gasteiger partial charge is 0.0886 e. The minimum atomic E-state index is 0.237. The van der Waals surface area contributed by atoms with Crippen molar-refractivity contribution in [1.29, 1.82) is 0 Å². The van der Waals surface area contributed by atoms with Crippen LogP contribution in [0.1, 0.15) is 80.9 Å². The first-order valence-electron chi connectivity index (χ1n) is 12.3. The molecule has 0 atom stereocenters. The predicted octanol–water partition coefficient (Wildman–Crippen LogP) is 4.52. The summed E-state index contributed by atoms with van der Waals surface area (Å²) in [5, 5.41) is 0. The third-order valence-electron chi connectivity index (χ3n) is 7.09. The van der Waals surface area contributed by atoms with Crippen LogP contribution in [0.4, 0.5) is 0 Å². The highest BCUT2D eigenvalue weighted by atomic mass is 14.4. The molecule has 0 N–H and O–H groups in total. The first-order valence-corrected chi connectivity index (χ1v) is 12.3. The molecule has 0 heterocycles. The van der Waals surface area contributed by atoms with Gasteiger partial charge in [0.25, 0.3) is 0 Å². The molecule has 0 aliphatic heterocycles. The summed E-state index contributed by atoms with van der Waals surface area (Å²) in [7, 11) is 6.89. The van der Waals surface area contributed by atoms with E-state index < -0.39 is 0 Å². The highest BCUT2D eigenvalue weighted by Crippen LogP contribution is 2.54. The number of hydrogen-bond acceptors (Lipinski definition) is 0. The van der Waals surface area contributed by atoms with Gasteiger partial charge in [-0.05, 0) is 42.0 Å². The lowest BCUT2D eigenvalue weighted by atomic mass is 9.69. The highest BCUT2D eigenvalue weighted by Gasteiger charge is 2.42. The lowest BCUT2D eigenvalue weighted by Crippen LogP contribution is -2.26. The molecule has 0 spiro atoms. The summed E-state index contributed by atoms with van der Waals surface area (Å²) in [6.45, 7) is 2.27. The van der Waals surface area contributed by atoms with Crippen LogP contribution < -0.4 is 5.46 Å². The van der Waals surface area contributed by atoms with Gasteiger partial charge in [-0.3, -0.25) is 0 Å². The van der Waals surface area contributed by atoms with E-state index in [4.69, 9.17) is 0 Å². The molecule has 1 aliphatic rings. The van der Waals surface area contributed by atoms with E-state index in [-0.39, 0.29) is 5.41 Å². The Bertz CT molecular complexity index is 729. The zero-order valence-corrected chi connectivity index (χ0v) is 19.4. The quantitative estimate of drug-likeness (QED) is 0.373. The molecule has 0 amide bonds. The Hall–Kier alpha value is -1.37. The topological polar surface area (TPSA) is 0 Å². The number of aryl methyl sites for hydroxylation is 1. The fourth-order valence-corrected chi connectivity index (χ4v) is 5.45. The van der Waals surface area contributed by atoms with Crippen molar-refractivity contribution >= 4 is 29.0 Å². The SMILES string of the molecule is BCCCCCCC1(CCCCCCB)c2cc(B)ccc2-c2ccc(C)cc21. The van der Waals surface area contributed by atoms with E-state index >= 15 is 0 Å². The lowest BCUT2D eigenvalue weighted by Gasteiger charge is -2.33. The van der Waals surface area contributed by atoms with Gasteiger partial charge in [0.05, 0.1) is 0 Å². The Labute approximate surface area is 182 Å². The molecular weight excluding hydrogens is 345 g/mol. The molecular formula is C26H39B3. The molecule has 1 aliphatic carbocycles. The minimum absolute atomic E-state index is 0.237. The minimum Gasteiger partial charge on any atom is -0.0886 e. The Morgan fingerprint density at radius 3 is 1.76 bits per heavy atom. The summed E-state index contributed by atoms with van der Waals surface area (Å²) >= 11 is 0. The summed E-state index contributed by atoms with van der Waals surface area (Å²) in [6.07, 6.45) is 16.3. The number of unbranched alkanes of at least 4 members (excludes halogenated alkanes) is 6. The molecule has 3 rings (SSSR count). The first-order chi connectivity index (χ1) is 14.1. The molecule has 29 heavy (non-hydrogen) atoms. The molecule has 0 unspecified atom stereocenters. The van der Waals surface area contributed by atoms with Gasteiger partial charge in [0.2, 0.25) is 0 Å². The van der Waals surface area contributed by atoms with Gasteiger partial charge in [-0.15, -0.1) is 0 Å². The van der Waals surface area contributed by atoms with E-state index in [1.165, 1.54) is 99.0 Å². The second-order valence-corrected chi connectivity index (χ2v) is 9.51. The van der Waals surface area contributed by atoms with Gasteiger partial charge in [0, 0.05) is 5.41 Å². The van der Waals surface area contributed by atoms with Crippen molar-refractivity contribution in [2.24, 2.45) is 0 Å². The molecule has 2 aromatic rings. The van der Waals surface area contributed by atoms with Crippen LogP contribution in [0.25, 0.3) is 11.1 Å². The number of fused-ring (bicyclic) bond motifs is 3. The van der Waals surface area contributed by atoms with Crippen LogP contribution in [0, 0.1) is 6.92 Å². The zero-order chi connectivity index (χ0) is 20.7. The molecule has 0 nitrogen and oxygen atoms in total. The summed E-state index contributed by atoms with van der Waals surface area (Å²) in [5.41, 5.74) is 9.33. The Morgan fingerprint density at radius 1 is 0.655 bits per heavy atom. The van der Waals surface area contributed by atoms with Gasteiger partial charge in [-0.2, -0.15) is 0 Å². The fourth-order valence-electron chi connectivity index (χ4n) is 5.45. The van der Waals surface area contributed by atoms with Crippen LogP contribution in [0.2, 0.25) is 12.6 Å². The van der Waals surface area contributed by atoms with E-state index in [1.807, 2.05) is 0 Å². The normalized spacial score (nSPS) is 14.0.